The Labute approximate surface area is 77.7 Å². The zero-order valence-corrected chi connectivity index (χ0v) is 7.87. The van der Waals surface area contributed by atoms with Crippen LogP contribution in [0.15, 0.2) is 4.52 Å². The van der Waals surface area contributed by atoms with Gasteiger partial charge in [0.25, 0.3) is 0 Å². The Hall–Kier alpha value is -1.34. The second kappa shape index (κ2) is 4.63. The number of hydrogen-bond acceptors (Lipinski definition) is 4. The third kappa shape index (κ3) is 3.26. The predicted octanol–water partition coefficient (Wildman–Crippen LogP) is 0.532. The summed E-state index contributed by atoms with van der Waals surface area (Å²) in [5.74, 6) is 3.89. The highest BCUT2D eigenvalue weighted by molar-refractivity contribution is 4.96. The number of rotatable bonds is 4. The fourth-order valence-corrected chi connectivity index (χ4v) is 0.896. The Morgan fingerprint density at radius 2 is 2.46 bits per heavy atom. The first kappa shape index (κ1) is 9.75. The maximum absolute atomic E-state index is 5.19. The molecule has 0 radical (unpaired) electrons. The van der Waals surface area contributed by atoms with E-state index in [1.807, 2.05) is 6.92 Å². The molecule has 4 heteroatoms. The zero-order chi connectivity index (χ0) is 9.68. The van der Waals surface area contributed by atoms with Gasteiger partial charge in [0.05, 0.1) is 6.04 Å². The summed E-state index contributed by atoms with van der Waals surface area (Å²) < 4.78 is 4.93. The molecule has 0 aromatic carbocycles. The van der Waals surface area contributed by atoms with Gasteiger partial charge in [0.2, 0.25) is 5.89 Å². The molecular formula is C9H13N3O. The average molecular weight is 179 g/mol. The number of nitrogens with one attached hydrogen (secondary N) is 1. The molecule has 13 heavy (non-hydrogen) atoms. The summed E-state index contributed by atoms with van der Waals surface area (Å²) in [5.41, 5.74) is 0. The summed E-state index contributed by atoms with van der Waals surface area (Å²) in [6, 6.07) is 0.0871. The van der Waals surface area contributed by atoms with Gasteiger partial charge in [-0.25, -0.2) is 0 Å². The first-order chi connectivity index (χ1) is 6.22. The molecule has 1 aromatic heterocycles. The molecule has 0 amide bonds. The van der Waals surface area contributed by atoms with Gasteiger partial charge in [0, 0.05) is 13.0 Å². The van der Waals surface area contributed by atoms with Gasteiger partial charge in [0.1, 0.15) is 0 Å². The molecule has 4 nitrogen and oxygen atoms in total. The minimum atomic E-state index is 0.0871. The first-order valence-corrected chi connectivity index (χ1v) is 4.21. The molecule has 0 bridgehead atoms. The molecule has 0 aliphatic carbocycles. The highest BCUT2D eigenvalue weighted by atomic mass is 16.5. The molecule has 1 rings (SSSR count). The molecule has 0 spiro atoms. The lowest BCUT2D eigenvalue weighted by molar-refractivity contribution is 0.371. The summed E-state index contributed by atoms with van der Waals surface area (Å²) in [4.78, 5) is 4.06. The Bertz CT molecular complexity index is 300. The topological polar surface area (TPSA) is 51.0 Å². The smallest absolute Gasteiger partial charge is 0.227 e. The second-order valence-electron chi connectivity index (χ2n) is 2.83. The number of terminal acetylenes is 1. The normalized spacial score (nSPS) is 12.4. The Balaban J connectivity index is 2.25. The number of hydrogen-bond donors (Lipinski definition) is 1. The summed E-state index contributed by atoms with van der Waals surface area (Å²) in [6.45, 7) is 4.48. The van der Waals surface area contributed by atoms with Crippen molar-refractivity contribution in [3.63, 3.8) is 0 Å². The van der Waals surface area contributed by atoms with E-state index >= 15 is 0 Å². The molecule has 0 aliphatic heterocycles. The highest BCUT2D eigenvalue weighted by Gasteiger charge is 2.02. The van der Waals surface area contributed by atoms with E-state index in [9.17, 15) is 0 Å². The van der Waals surface area contributed by atoms with Crippen LogP contribution in [-0.2, 0) is 6.42 Å². The van der Waals surface area contributed by atoms with Crippen LogP contribution >= 0.6 is 0 Å². The van der Waals surface area contributed by atoms with E-state index in [0.717, 1.165) is 6.54 Å². The third-order valence-electron chi connectivity index (χ3n) is 1.61. The summed E-state index contributed by atoms with van der Waals surface area (Å²) in [5, 5.41) is 6.81. The minimum Gasteiger partial charge on any atom is -0.339 e. The van der Waals surface area contributed by atoms with Gasteiger partial charge in [-0.2, -0.15) is 4.98 Å². The fraction of sp³-hybridized carbons (Fsp3) is 0.556. The van der Waals surface area contributed by atoms with Crippen LogP contribution in [-0.4, -0.2) is 22.7 Å². The first-order valence-electron chi connectivity index (χ1n) is 4.21. The molecule has 0 saturated heterocycles. The van der Waals surface area contributed by atoms with Crippen LogP contribution in [0, 0.1) is 19.3 Å². The van der Waals surface area contributed by atoms with Crippen molar-refractivity contribution in [2.75, 3.05) is 6.54 Å². The van der Waals surface area contributed by atoms with E-state index < -0.39 is 0 Å². The van der Waals surface area contributed by atoms with Gasteiger partial charge >= 0.3 is 0 Å². The second-order valence-corrected chi connectivity index (χ2v) is 2.83. The predicted molar refractivity (Wildman–Crippen MR) is 49.0 cm³/mol. The fourth-order valence-electron chi connectivity index (χ4n) is 0.896. The molecular weight excluding hydrogens is 166 g/mol. The lowest BCUT2D eigenvalue weighted by Crippen LogP contribution is -2.26. The van der Waals surface area contributed by atoms with Crippen LogP contribution in [0.4, 0.5) is 0 Å². The largest absolute Gasteiger partial charge is 0.339 e. The third-order valence-corrected chi connectivity index (χ3v) is 1.61. The van der Waals surface area contributed by atoms with Gasteiger partial charge in [-0.1, -0.05) is 11.1 Å². The van der Waals surface area contributed by atoms with Crippen molar-refractivity contribution in [3.8, 4) is 12.3 Å². The quantitative estimate of drug-likeness (QED) is 0.685. The Morgan fingerprint density at radius 3 is 3.00 bits per heavy atom. The van der Waals surface area contributed by atoms with Crippen molar-refractivity contribution in [3.05, 3.63) is 11.7 Å². The van der Waals surface area contributed by atoms with Crippen LogP contribution in [0.3, 0.4) is 0 Å². The summed E-state index contributed by atoms with van der Waals surface area (Å²) in [7, 11) is 0. The van der Waals surface area contributed by atoms with E-state index in [1.165, 1.54) is 0 Å². The monoisotopic (exact) mass is 179 g/mol. The Kier molecular flexibility index (Phi) is 3.47. The highest BCUT2D eigenvalue weighted by Crippen LogP contribution is 1.95. The van der Waals surface area contributed by atoms with Crippen molar-refractivity contribution >= 4 is 0 Å². The van der Waals surface area contributed by atoms with Gasteiger partial charge in [0.15, 0.2) is 5.82 Å². The zero-order valence-electron chi connectivity index (χ0n) is 7.87. The molecule has 1 atom stereocenters. The SMILES string of the molecule is C#CC(C)NCCc1nc(C)no1. The molecule has 1 N–H and O–H groups in total. The van der Waals surface area contributed by atoms with Crippen LogP contribution < -0.4 is 5.32 Å². The average Bonchev–Trinajstić information content (AvgIpc) is 2.51. The Morgan fingerprint density at radius 1 is 1.69 bits per heavy atom. The van der Waals surface area contributed by atoms with E-state index in [1.54, 1.807) is 6.92 Å². The summed E-state index contributed by atoms with van der Waals surface area (Å²) >= 11 is 0. The van der Waals surface area contributed by atoms with Crippen molar-refractivity contribution in [1.82, 2.24) is 15.5 Å². The molecule has 1 aromatic rings. The van der Waals surface area contributed by atoms with Crippen LogP contribution in [0.5, 0.6) is 0 Å². The van der Waals surface area contributed by atoms with Gasteiger partial charge in [-0.05, 0) is 13.8 Å². The van der Waals surface area contributed by atoms with Crippen molar-refractivity contribution in [2.24, 2.45) is 0 Å². The van der Waals surface area contributed by atoms with Crippen LogP contribution in [0.1, 0.15) is 18.6 Å². The molecule has 0 aliphatic rings. The van der Waals surface area contributed by atoms with Crippen molar-refractivity contribution in [1.29, 1.82) is 0 Å². The maximum atomic E-state index is 5.19. The van der Waals surface area contributed by atoms with Gasteiger partial charge in [-0.15, -0.1) is 6.42 Å². The van der Waals surface area contributed by atoms with E-state index in [0.29, 0.717) is 18.1 Å². The summed E-state index contributed by atoms with van der Waals surface area (Å²) in [6.07, 6.45) is 5.91. The lowest BCUT2D eigenvalue weighted by Gasteiger charge is -2.03. The standard InChI is InChI=1S/C9H13N3O/c1-4-7(2)10-6-5-9-11-8(3)12-13-9/h1,7,10H,5-6H2,2-3H3. The number of nitrogens with zero attached hydrogens (tertiary/aromatic N) is 2. The van der Waals surface area contributed by atoms with Crippen molar-refractivity contribution in [2.45, 2.75) is 26.3 Å². The van der Waals surface area contributed by atoms with Crippen LogP contribution in [0.2, 0.25) is 0 Å². The molecule has 1 unspecified atom stereocenters. The van der Waals surface area contributed by atoms with E-state index in [4.69, 9.17) is 10.9 Å². The minimum absolute atomic E-state index is 0.0871. The van der Waals surface area contributed by atoms with Gasteiger partial charge in [-0.3, -0.25) is 0 Å². The molecule has 1 heterocycles. The maximum Gasteiger partial charge on any atom is 0.227 e. The van der Waals surface area contributed by atoms with Gasteiger partial charge < -0.3 is 9.84 Å². The molecule has 0 fully saturated rings. The number of aryl methyl sites for hydroxylation is 1. The lowest BCUT2D eigenvalue weighted by atomic mass is 10.3. The van der Waals surface area contributed by atoms with Crippen molar-refractivity contribution < 1.29 is 4.52 Å². The number of aromatic nitrogens is 2. The van der Waals surface area contributed by atoms with E-state index in [2.05, 4.69) is 21.4 Å². The molecule has 70 valence electrons. The van der Waals surface area contributed by atoms with Crippen LogP contribution in [0.25, 0.3) is 0 Å². The van der Waals surface area contributed by atoms with E-state index in [-0.39, 0.29) is 6.04 Å². The molecule has 0 saturated carbocycles.